The first-order valence-corrected chi connectivity index (χ1v) is 7.82. The number of phenols is 1. The standard InChI is InChI=1S/C17H29NO3/c1-5-7-9-18(10-8-6-2)13-14-11-15(20-3)17(19)16(12-14)21-4/h11-12,19H,5-10,13H2,1-4H3. The van der Waals surface area contributed by atoms with Gasteiger partial charge in [-0.3, -0.25) is 4.90 Å². The van der Waals surface area contributed by atoms with Crippen LogP contribution >= 0.6 is 0 Å². The molecule has 0 saturated carbocycles. The van der Waals surface area contributed by atoms with Gasteiger partial charge in [0.2, 0.25) is 5.75 Å². The molecule has 0 bridgehead atoms. The van der Waals surface area contributed by atoms with E-state index < -0.39 is 0 Å². The predicted molar refractivity (Wildman–Crippen MR) is 86.3 cm³/mol. The number of methoxy groups -OCH3 is 2. The zero-order valence-corrected chi connectivity index (χ0v) is 13.8. The Bertz CT molecular complexity index is 387. The van der Waals surface area contributed by atoms with Crippen molar-refractivity contribution in [3.8, 4) is 17.2 Å². The molecule has 1 rings (SSSR count). The van der Waals surface area contributed by atoms with E-state index in [0.717, 1.165) is 25.2 Å². The van der Waals surface area contributed by atoms with Crippen LogP contribution in [0.2, 0.25) is 0 Å². The minimum absolute atomic E-state index is 0.0671. The minimum Gasteiger partial charge on any atom is -0.502 e. The Morgan fingerprint density at radius 2 is 1.43 bits per heavy atom. The number of benzene rings is 1. The van der Waals surface area contributed by atoms with Crippen LogP contribution in [0.3, 0.4) is 0 Å². The topological polar surface area (TPSA) is 41.9 Å². The second-order valence-corrected chi connectivity index (χ2v) is 5.33. The Morgan fingerprint density at radius 1 is 0.952 bits per heavy atom. The molecule has 0 radical (unpaired) electrons. The quantitative estimate of drug-likeness (QED) is 0.712. The van der Waals surface area contributed by atoms with Crippen molar-refractivity contribution in [2.45, 2.75) is 46.1 Å². The Kier molecular flexibility index (Phi) is 7.98. The largest absolute Gasteiger partial charge is 0.502 e. The fourth-order valence-electron chi connectivity index (χ4n) is 2.33. The zero-order chi connectivity index (χ0) is 15.7. The van der Waals surface area contributed by atoms with Crippen LogP contribution in [-0.4, -0.2) is 37.3 Å². The van der Waals surface area contributed by atoms with Crippen molar-refractivity contribution in [1.82, 2.24) is 4.90 Å². The van der Waals surface area contributed by atoms with Gasteiger partial charge >= 0.3 is 0 Å². The molecule has 21 heavy (non-hydrogen) atoms. The molecule has 1 aromatic carbocycles. The maximum atomic E-state index is 9.97. The summed E-state index contributed by atoms with van der Waals surface area (Å²) in [5.74, 6) is 1.00. The molecule has 0 saturated heterocycles. The van der Waals surface area contributed by atoms with Crippen LogP contribution in [0, 0.1) is 0 Å². The molecular formula is C17H29NO3. The van der Waals surface area contributed by atoms with Crippen molar-refractivity contribution in [3.63, 3.8) is 0 Å². The lowest BCUT2D eigenvalue weighted by Gasteiger charge is -2.22. The van der Waals surface area contributed by atoms with Gasteiger partial charge in [-0.25, -0.2) is 0 Å². The van der Waals surface area contributed by atoms with Crippen LogP contribution in [0.4, 0.5) is 0 Å². The van der Waals surface area contributed by atoms with E-state index in [1.807, 2.05) is 12.1 Å². The molecule has 4 nitrogen and oxygen atoms in total. The lowest BCUT2D eigenvalue weighted by molar-refractivity contribution is 0.255. The second-order valence-electron chi connectivity index (χ2n) is 5.33. The molecular weight excluding hydrogens is 266 g/mol. The minimum atomic E-state index is 0.0671. The number of hydrogen-bond acceptors (Lipinski definition) is 4. The second kappa shape index (κ2) is 9.50. The zero-order valence-electron chi connectivity index (χ0n) is 13.8. The SMILES string of the molecule is CCCCN(CCCC)Cc1cc(OC)c(O)c(OC)c1. The Balaban J connectivity index is 2.85. The molecule has 0 unspecified atom stereocenters. The summed E-state index contributed by atoms with van der Waals surface area (Å²) < 4.78 is 10.4. The van der Waals surface area contributed by atoms with E-state index in [2.05, 4.69) is 18.7 Å². The van der Waals surface area contributed by atoms with Gasteiger partial charge in [0.15, 0.2) is 11.5 Å². The lowest BCUT2D eigenvalue weighted by Crippen LogP contribution is -2.25. The van der Waals surface area contributed by atoms with Gasteiger partial charge in [0.1, 0.15) is 0 Å². The van der Waals surface area contributed by atoms with Crippen molar-refractivity contribution in [1.29, 1.82) is 0 Å². The van der Waals surface area contributed by atoms with Crippen LogP contribution < -0.4 is 9.47 Å². The van der Waals surface area contributed by atoms with Gasteiger partial charge in [0, 0.05) is 6.54 Å². The molecule has 1 aromatic rings. The molecule has 0 spiro atoms. The molecule has 0 aromatic heterocycles. The molecule has 0 fully saturated rings. The summed E-state index contributed by atoms with van der Waals surface area (Å²) in [5, 5.41) is 9.97. The Morgan fingerprint density at radius 3 is 1.81 bits per heavy atom. The smallest absolute Gasteiger partial charge is 0.200 e. The van der Waals surface area contributed by atoms with Crippen LogP contribution in [-0.2, 0) is 6.54 Å². The maximum absolute atomic E-state index is 9.97. The monoisotopic (exact) mass is 295 g/mol. The number of nitrogens with zero attached hydrogens (tertiary/aromatic N) is 1. The average molecular weight is 295 g/mol. The molecule has 1 N–H and O–H groups in total. The van der Waals surface area contributed by atoms with E-state index in [-0.39, 0.29) is 5.75 Å². The van der Waals surface area contributed by atoms with Gasteiger partial charge in [-0.2, -0.15) is 0 Å². The van der Waals surface area contributed by atoms with Crippen molar-refractivity contribution in [2.24, 2.45) is 0 Å². The highest BCUT2D eigenvalue weighted by atomic mass is 16.5. The highest BCUT2D eigenvalue weighted by Crippen LogP contribution is 2.37. The first kappa shape index (κ1) is 17.6. The number of aromatic hydroxyl groups is 1. The van der Waals surface area contributed by atoms with E-state index in [0.29, 0.717) is 11.5 Å². The van der Waals surface area contributed by atoms with E-state index in [9.17, 15) is 5.11 Å². The predicted octanol–water partition coefficient (Wildman–Crippen LogP) is 3.81. The van der Waals surface area contributed by atoms with Gasteiger partial charge in [-0.15, -0.1) is 0 Å². The summed E-state index contributed by atoms with van der Waals surface area (Å²) in [6.07, 6.45) is 4.81. The number of rotatable bonds is 10. The molecule has 0 aliphatic heterocycles. The van der Waals surface area contributed by atoms with Crippen molar-refractivity contribution in [3.05, 3.63) is 17.7 Å². The molecule has 0 heterocycles. The van der Waals surface area contributed by atoms with Gasteiger partial charge in [-0.05, 0) is 43.6 Å². The van der Waals surface area contributed by atoms with Crippen LogP contribution in [0.25, 0.3) is 0 Å². The van der Waals surface area contributed by atoms with Crippen molar-refractivity contribution < 1.29 is 14.6 Å². The highest BCUT2D eigenvalue weighted by molar-refractivity contribution is 5.52. The third-order valence-electron chi connectivity index (χ3n) is 3.60. The summed E-state index contributed by atoms with van der Waals surface area (Å²) in [7, 11) is 3.12. The van der Waals surface area contributed by atoms with Crippen molar-refractivity contribution in [2.75, 3.05) is 27.3 Å². The Hall–Kier alpha value is -1.42. The molecule has 0 amide bonds. The number of hydrogen-bond donors (Lipinski definition) is 1. The average Bonchev–Trinajstić information content (AvgIpc) is 2.51. The fourth-order valence-corrected chi connectivity index (χ4v) is 2.33. The van der Waals surface area contributed by atoms with Gasteiger partial charge in [0.05, 0.1) is 14.2 Å². The maximum Gasteiger partial charge on any atom is 0.200 e. The van der Waals surface area contributed by atoms with E-state index in [1.54, 1.807) is 14.2 Å². The number of phenolic OH excluding ortho intramolecular Hbond substituents is 1. The summed E-state index contributed by atoms with van der Waals surface area (Å²) >= 11 is 0. The highest BCUT2D eigenvalue weighted by Gasteiger charge is 2.13. The third-order valence-corrected chi connectivity index (χ3v) is 3.60. The van der Waals surface area contributed by atoms with E-state index in [1.165, 1.54) is 25.7 Å². The summed E-state index contributed by atoms with van der Waals surface area (Å²) in [6, 6.07) is 3.78. The Labute approximate surface area is 128 Å². The van der Waals surface area contributed by atoms with Gasteiger partial charge in [-0.1, -0.05) is 26.7 Å². The summed E-state index contributed by atoms with van der Waals surface area (Å²) in [6.45, 7) is 7.48. The van der Waals surface area contributed by atoms with Gasteiger partial charge < -0.3 is 14.6 Å². The normalized spacial score (nSPS) is 10.9. The summed E-state index contributed by atoms with van der Waals surface area (Å²) in [4.78, 5) is 2.46. The lowest BCUT2D eigenvalue weighted by atomic mass is 10.1. The molecule has 0 aliphatic rings. The first-order valence-electron chi connectivity index (χ1n) is 7.82. The number of unbranched alkanes of at least 4 members (excludes halogenated alkanes) is 2. The van der Waals surface area contributed by atoms with E-state index >= 15 is 0 Å². The molecule has 4 heteroatoms. The molecule has 0 aliphatic carbocycles. The third kappa shape index (κ3) is 5.46. The number of ether oxygens (including phenoxy) is 2. The van der Waals surface area contributed by atoms with Crippen molar-refractivity contribution >= 4 is 0 Å². The van der Waals surface area contributed by atoms with Crippen LogP contribution in [0.5, 0.6) is 17.2 Å². The fraction of sp³-hybridized carbons (Fsp3) is 0.647. The molecule has 120 valence electrons. The summed E-state index contributed by atoms with van der Waals surface area (Å²) in [5.41, 5.74) is 1.11. The molecule has 0 atom stereocenters. The van der Waals surface area contributed by atoms with Crippen LogP contribution in [0.15, 0.2) is 12.1 Å². The van der Waals surface area contributed by atoms with Crippen LogP contribution in [0.1, 0.15) is 45.1 Å². The van der Waals surface area contributed by atoms with Gasteiger partial charge in [0.25, 0.3) is 0 Å². The first-order chi connectivity index (χ1) is 10.2. The van der Waals surface area contributed by atoms with E-state index in [4.69, 9.17) is 9.47 Å².